The van der Waals surface area contributed by atoms with Gasteiger partial charge in [0.1, 0.15) is 0 Å². The average Bonchev–Trinajstić information content (AvgIpc) is 3.02. The third kappa shape index (κ3) is 5.77. The Bertz CT molecular complexity index is 657. The largest absolute Gasteiger partial charge is 0.379 e. The second kappa shape index (κ2) is 10.6. The van der Waals surface area contributed by atoms with Crippen LogP contribution in [0.15, 0.2) is 12.4 Å². The Kier molecular flexibility index (Phi) is 7.83. The SMILES string of the molecule is CC(C)OCCCCN1CCC(c2cnc(N3C4CCC3CN(C(C)C)C4)nc2)CC1. The molecule has 4 rings (SSSR count). The standard InChI is InChI=1S/C25H43N5O/c1-19(2)29-17-23-7-8-24(18-29)30(23)25-26-15-22(16-27-25)21-9-12-28(13-10-21)11-5-6-14-31-20(3)4/h15-16,19-21,23-24H,5-14,17-18H2,1-4H3. The lowest BCUT2D eigenvalue weighted by atomic mass is 9.91. The average molecular weight is 430 g/mol. The zero-order valence-corrected chi connectivity index (χ0v) is 20.2. The summed E-state index contributed by atoms with van der Waals surface area (Å²) in [6.45, 7) is 15.6. The van der Waals surface area contributed by atoms with Gasteiger partial charge in [-0.1, -0.05) is 0 Å². The molecule has 31 heavy (non-hydrogen) atoms. The molecule has 2 atom stereocenters. The molecule has 6 nitrogen and oxygen atoms in total. The number of unbranched alkanes of at least 4 members (excludes halogenated alkanes) is 1. The van der Waals surface area contributed by atoms with E-state index in [0.29, 0.717) is 30.1 Å². The summed E-state index contributed by atoms with van der Waals surface area (Å²) in [6, 6.07) is 1.80. The van der Waals surface area contributed by atoms with Crippen LogP contribution in [-0.2, 0) is 4.74 Å². The first kappa shape index (κ1) is 22.9. The third-order valence-corrected chi connectivity index (χ3v) is 7.51. The number of rotatable bonds is 9. The molecule has 0 spiro atoms. The van der Waals surface area contributed by atoms with Crippen molar-refractivity contribution >= 4 is 5.95 Å². The molecule has 6 heteroatoms. The van der Waals surface area contributed by atoms with Gasteiger partial charge in [-0.15, -0.1) is 0 Å². The molecule has 3 aliphatic heterocycles. The van der Waals surface area contributed by atoms with E-state index in [1.165, 1.54) is 63.7 Å². The molecular formula is C25H43N5O. The van der Waals surface area contributed by atoms with E-state index in [0.717, 1.165) is 25.6 Å². The van der Waals surface area contributed by atoms with Crippen LogP contribution in [0.5, 0.6) is 0 Å². The lowest BCUT2D eigenvalue weighted by Crippen LogP contribution is -2.56. The van der Waals surface area contributed by atoms with Crippen molar-refractivity contribution in [3.8, 4) is 0 Å². The Labute approximate surface area is 189 Å². The maximum Gasteiger partial charge on any atom is 0.225 e. The number of anilines is 1. The van der Waals surface area contributed by atoms with Gasteiger partial charge in [0.25, 0.3) is 0 Å². The molecule has 3 aliphatic rings. The van der Waals surface area contributed by atoms with Crippen molar-refractivity contribution in [2.45, 2.75) is 96.4 Å². The zero-order chi connectivity index (χ0) is 21.8. The number of ether oxygens (including phenoxy) is 1. The summed E-state index contributed by atoms with van der Waals surface area (Å²) in [5.41, 5.74) is 1.34. The normalized spacial score (nSPS) is 25.8. The molecule has 3 fully saturated rings. The third-order valence-electron chi connectivity index (χ3n) is 7.51. The van der Waals surface area contributed by atoms with Crippen LogP contribution in [0.1, 0.15) is 77.7 Å². The van der Waals surface area contributed by atoms with Crippen LogP contribution in [0, 0.1) is 0 Å². The fourth-order valence-corrected chi connectivity index (χ4v) is 5.61. The van der Waals surface area contributed by atoms with Crippen molar-refractivity contribution in [1.29, 1.82) is 0 Å². The Morgan fingerprint density at radius 1 is 0.935 bits per heavy atom. The van der Waals surface area contributed by atoms with Crippen LogP contribution in [-0.4, -0.2) is 83.3 Å². The molecule has 2 unspecified atom stereocenters. The summed E-state index contributed by atoms with van der Waals surface area (Å²) >= 11 is 0. The molecule has 0 N–H and O–H groups in total. The summed E-state index contributed by atoms with van der Waals surface area (Å²) in [7, 11) is 0. The molecular weight excluding hydrogens is 386 g/mol. The van der Waals surface area contributed by atoms with Crippen molar-refractivity contribution in [2.24, 2.45) is 0 Å². The van der Waals surface area contributed by atoms with Crippen LogP contribution >= 0.6 is 0 Å². The van der Waals surface area contributed by atoms with Gasteiger partial charge in [-0.3, -0.25) is 4.90 Å². The summed E-state index contributed by atoms with van der Waals surface area (Å²) in [5.74, 6) is 1.57. The van der Waals surface area contributed by atoms with Gasteiger partial charge < -0.3 is 14.5 Å². The van der Waals surface area contributed by atoms with Gasteiger partial charge in [0.05, 0.1) is 6.10 Å². The lowest BCUT2D eigenvalue weighted by molar-refractivity contribution is 0.0735. The zero-order valence-electron chi connectivity index (χ0n) is 20.2. The second-order valence-corrected chi connectivity index (χ2v) is 10.4. The number of hydrogen-bond donors (Lipinski definition) is 0. The van der Waals surface area contributed by atoms with E-state index >= 15 is 0 Å². The maximum atomic E-state index is 5.65. The predicted octanol–water partition coefficient (Wildman–Crippen LogP) is 3.92. The monoisotopic (exact) mass is 429 g/mol. The molecule has 1 aromatic heterocycles. The molecule has 0 radical (unpaired) electrons. The molecule has 0 saturated carbocycles. The van der Waals surface area contributed by atoms with Gasteiger partial charge in [0, 0.05) is 50.2 Å². The molecule has 0 aromatic carbocycles. The summed E-state index contributed by atoms with van der Waals surface area (Å²) in [5, 5.41) is 0. The van der Waals surface area contributed by atoms with Crippen LogP contribution in [0.25, 0.3) is 0 Å². The molecule has 174 valence electrons. The topological polar surface area (TPSA) is 44.7 Å². The van der Waals surface area contributed by atoms with Gasteiger partial charge in [-0.05, 0) is 97.3 Å². The molecule has 1 aromatic rings. The quantitative estimate of drug-likeness (QED) is 0.555. The van der Waals surface area contributed by atoms with Gasteiger partial charge in [0.15, 0.2) is 0 Å². The minimum Gasteiger partial charge on any atom is -0.379 e. The Hall–Kier alpha value is -1.24. The minimum atomic E-state index is 0.351. The fraction of sp³-hybridized carbons (Fsp3) is 0.840. The van der Waals surface area contributed by atoms with E-state index in [9.17, 15) is 0 Å². The van der Waals surface area contributed by atoms with Crippen LogP contribution in [0.3, 0.4) is 0 Å². The van der Waals surface area contributed by atoms with E-state index in [1.807, 2.05) is 0 Å². The molecule has 4 heterocycles. The van der Waals surface area contributed by atoms with Crippen molar-refractivity contribution in [3.05, 3.63) is 18.0 Å². The number of piperazine rings is 1. The summed E-state index contributed by atoms with van der Waals surface area (Å²) in [4.78, 5) is 17.5. The lowest BCUT2D eigenvalue weighted by Gasteiger charge is -2.42. The van der Waals surface area contributed by atoms with Gasteiger partial charge in [0.2, 0.25) is 5.95 Å². The highest BCUT2D eigenvalue weighted by Gasteiger charge is 2.41. The predicted molar refractivity (Wildman–Crippen MR) is 127 cm³/mol. The minimum absolute atomic E-state index is 0.351. The molecule has 0 aliphatic carbocycles. The van der Waals surface area contributed by atoms with E-state index in [2.05, 4.69) is 54.8 Å². The van der Waals surface area contributed by atoms with E-state index in [4.69, 9.17) is 14.7 Å². The van der Waals surface area contributed by atoms with Crippen molar-refractivity contribution in [1.82, 2.24) is 19.8 Å². The van der Waals surface area contributed by atoms with Crippen molar-refractivity contribution in [2.75, 3.05) is 44.2 Å². The molecule has 0 amide bonds. The van der Waals surface area contributed by atoms with Crippen LogP contribution < -0.4 is 4.90 Å². The summed E-state index contributed by atoms with van der Waals surface area (Å²) in [6.07, 6.45) is 12.0. The van der Waals surface area contributed by atoms with Crippen molar-refractivity contribution < 1.29 is 4.74 Å². The molecule has 2 bridgehead atoms. The number of fused-ring (bicyclic) bond motifs is 2. The number of piperidine rings is 1. The van der Waals surface area contributed by atoms with Crippen molar-refractivity contribution in [3.63, 3.8) is 0 Å². The van der Waals surface area contributed by atoms with E-state index < -0.39 is 0 Å². The second-order valence-electron chi connectivity index (χ2n) is 10.4. The summed E-state index contributed by atoms with van der Waals surface area (Å²) < 4.78 is 5.65. The van der Waals surface area contributed by atoms with Crippen LogP contribution in [0.4, 0.5) is 5.95 Å². The smallest absolute Gasteiger partial charge is 0.225 e. The van der Waals surface area contributed by atoms with E-state index in [1.54, 1.807) is 0 Å². The Balaban J connectivity index is 1.24. The van der Waals surface area contributed by atoms with Gasteiger partial charge >= 0.3 is 0 Å². The number of hydrogen-bond acceptors (Lipinski definition) is 6. The Morgan fingerprint density at radius 2 is 1.58 bits per heavy atom. The first-order valence-corrected chi connectivity index (χ1v) is 12.7. The first-order valence-electron chi connectivity index (χ1n) is 12.7. The first-order chi connectivity index (χ1) is 15.0. The highest BCUT2D eigenvalue weighted by Crippen LogP contribution is 2.34. The highest BCUT2D eigenvalue weighted by molar-refractivity contribution is 5.38. The van der Waals surface area contributed by atoms with Gasteiger partial charge in [-0.2, -0.15) is 0 Å². The van der Waals surface area contributed by atoms with Crippen LogP contribution in [0.2, 0.25) is 0 Å². The maximum absolute atomic E-state index is 5.65. The number of aromatic nitrogens is 2. The fourth-order valence-electron chi connectivity index (χ4n) is 5.61. The van der Waals surface area contributed by atoms with Gasteiger partial charge in [-0.25, -0.2) is 9.97 Å². The Morgan fingerprint density at radius 3 is 2.16 bits per heavy atom. The molecule has 3 saturated heterocycles. The number of nitrogens with zero attached hydrogens (tertiary/aromatic N) is 5. The highest BCUT2D eigenvalue weighted by atomic mass is 16.5. The number of likely N-dealkylation sites (tertiary alicyclic amines) is 2. The van der Waals surface area contributed by atoms with E-state index in [-0.39, 0.29) is 0 Å².